The van der Waals surface area contributed by atoms with Gasteiger partial charge in [0.2, 0.25) is 0 Å². The summed E-state index contributed by atoms with van der Waals surface area (Å²) in [5.41, 5.74) is 0.590. The average Bonchev–Trinajstić information content (AvgIpc) is 1.94. The Balaban J connectivity index is 0.000001000. The highest BCUT2D eigenvalue weighted by Crippen LogP contribution is 2.16. The normalized spacial score (nSPS) is 9.00. The maximum absolute atomic E-state index is 12.7. The van der Waals surface area contributed by atoms with Crippen molar-refractivity contribution in [2.45, 2.75) is 5.33 Å². The van der Waals surface area contributed by atoms with E-state index in [9.17, 15) is 4.39 Å². The molecule has 0 radical (unpaired) electrons. The minimum Gasteiger partial charge on any atom is -0.207 e. The van der Waals surface area contributed by atoms with Crippen LogP contribution in [0.4, 0.5) is 4.39 Å². The van der Waals surface area contributed by atoms with Crippen molar-refractivity contribution in [1.29, 1.82) is 0 Å². The summed E-state index contributed by atoms with van der Waals surface area (Å²) in [7, 11) is 0. The molecule has 4 heteroatoms. The third-order valence-electron chi connectivity index (χ3n) is 1.15. The van der Waals surface area contributed by atoms with Crippen LogP contribution in [0.15, 0.2) is 18.2 Å². The first kappa shape index (κ1) is 11.7. The van der Waals surface area contributed by atoms with Gasteiger partial charge in [-0.25, -0.2) is 4.39 Å². The fourth-order valence-corrected chi connectivity index (χ4v) is 1.27. The highest BCUT2D eigenvalue weighted by Gasteiger charge is 1.99. The molecule has 0 nitrogen and oxygen atoms in total. The lowest BCUT2D eigenvalue weighted by molar-refractivity contribution is 0.618. The molecule has 11 heavy (non-hydrogen) atoms. The fourth-order valence-electron chi connectivity index (χ4n) is 0.646. The zero-order chi connectivity index (χ0) is 7.56. The Morgan fingerprint density at radius 1 is 1.45 bits per heavy atom. The Labute approximate surface area is 94.4 Å². The fraction of sp³-hybridized carbons (Fsp3) is 0.143. The number of hydrogen-bond acceptors (Lipinski definition) is 0. The molecule has 0 aliphatic carbocycles. The van der Waals surface area contributed by atoms with Crippen LogP contribution in [-0.4, -0.2) is 23.1 Å². The molecule has 0 heterocycles. The quantitative estimate of drug-likeness (QED) is 0.530. The lowest BCUT2D eigenvalue weighted by Gasteiger charge is -1.96. The van der Waals surface area contributed by atoms with E-state index in [1.807, 2.05) is 0 Å². The Morgan fingerprint density at radius 2 is 2.09 bits per heavy atom. The van der Waals surface area contributed by atoms with Crippen molar-refractivity contribution in [3.63, 3.8) is 0 Å². The molecular formula is C7H7BrClFMg. The second-order valence-corrected chi connectivity index (χ2v) is 2.87. The molecule has 0 spiro atoms. The van der Waals surface area contributed by atoms with Gasteiger partial charge in [0, 0.05) is 10.4 Å². The van der Waals surface area contributed by atoms with Crippen molar-refractivity contribution in [1.82, 2.24) is 0 Å². The summed E-state index contributed by atoms with van der Waals surface area (Å²) in [6.45, 7) is 0. The van der Waals surface area contributed by atoms with Gasteiger partial charge < -0.3 is 0 Å². The Kier molecular flexibility index (Phi) is 5.69. The number of benzene rings is 1. The maximum atomic E-state index is 12.7. The van der Waals surface area contributed by atoms with E-state index < -0.39 is 0 Å². The molecule has 0 atom stereocenters. The molecule has 0 aromatic heterocycles. The van der Waals surface area contributed by atoms with Gasteiger partial charge in [-0.2, -0.15) is 0 Å². The van der Waals surface area contributed by atoms with Crippen molar-refractivity contribution in [3.05, 3.63) is 34.6 Å². The Bertz CT molecular complexity index is 242. The van der Waals surface area contributed by atoms with E-state index in [1.165, 1.54) is 12.1 Å². The molecule has 58 valence electrons. The summed E-state index contributed by atoms with van der Waals surface area (Å²) < 4.78 is 12.7. The van der Waals surface area contributed by atoms with Crippen LogP contribution in [0.1, 0.15) is 5.56 Å². The predicted molar refractivity (Wildman–Crippen MR) is 52.6 cm³/mol. The molecule has 0 fully saturated rings. The number of alkyl halides is 1. The van der Waals surface area contributed by atoms with E-state index in [-0.39, 0.29) is 28.9 Å². The molecule has 0 saturated carbocycles. The van der Waals surface area contributed by atoms with Gasteiger partial charge in [0.15, 0.2) is 0 Å². The first-order chi connectivity index (χ1) is 4.74. The maximum Gasteiger partial charge on any atom is 0.316 e. The van der Waals surface area contributed by atoms with E-state index in [0.29, 0.717) is 15.9 Å². The molecule has 0 amide bonds. The van der Waals surface area contributed by atoms with E-state index in [4.69, 9.17) is 11.6 Å². The standard InChI is InChI=1S/C7H5BrClF.Mg.2H/c8-4-5-3-6(9)1-2-7(5)10;;;/h1-3H,4H2;;;. The van der Waals surface area contributed by atoms with Crippen LogP contribution >= 0.6 is 27.5 Å². The van der Waals surface area contributed by atoms with Gasteiger partial charge in [0.1, 0.15) is 5.82 Å². The molecule has 0 saturated heterocycles. The topological polar surface area (TPSA) is 0 Å². The van der Waals surface area contributed by atoms with Gasteiger partial charge in [0.05, 0.1) is 0 Å². The minimum absolute atomic E-state index is 0. The first-order valence-electron chi connectivity index (χ1n) is 2.74. The molecule has 0 aliphatic heterocycles. The average molecular weight is 250 g/mol. The van der Waals surface area contributed by atoms with Gasteiger partial charge in [-0.3, -0.25) is 0 Å². The van der Waals surface area contributed by atoms with E-state index in [0.717, 1.165) is 0 Å². The number of rotatable bonds is 1. The Hall–Kier alpha value is 0.686. The molecule has 1 aromatic carbocycles. The van der Waals surface area contributed by atoms with Gasteiger partial charge in [-0.1, -0.05) is 27.5 Å². The van der Waals surface area contributed by atoms with Gasteiger partial charge >= 0.3 is 23.1 Å². The monoisotopic (exact) mass is 248 g/mol. The highest BCUT2D eigenvalue weighted by atomic mass is 79.9. The van der Waals surface area contributed by atoms with Crippen LogP contribution < -0.4 is 0 Å². The number of halogens is 3. The second-order valence-electron chi connectivity index (χ2n) is 1.87. The molecule has 0 bridgehead atoms. The van der Waals surface area contributed by atoms with Gasteiger partial charge in [0.25, 0.3) is 0 Å². The van der Waals surface area contributed by atoms with Crippen molar-refractivity contribution >= 4 is 50.6 Å². The van der Waals surface area contributed by atoms with Crippen LogP contribution in [0.5, 0.6) is 0 Å². The lowest BCUT2D eigenvalue weighted by Crippen LogP contribution is -1.83. The first-order valence-corrected chi connectivity index (χ1v) is 4.24. The summed E-state index contributed by atoms with van der Waals surface area (Å²) >= 11 is 8.75. The molecule has 0 aliphatic rings. The third kappa shape index (κ3) is 3.28. The lowest BCUT2D eigenvalue weighted by atomic mass is 10.2. The third-order valence-corrected chi connectivity index (χ3v) is 1.99. The smallest absolute Gasteiger partial charge is 0.207 e. The van der Waals surface area contributed by atoms with Crippen LogP contribution in [0.2, 0.25) is 5.02 Å². The molecule has 0 N–H and O–H groups in total. The summed E-state index contributed by atoms with van der Waals surface area (Å²) in [4.78, 5) is 0. The predicted octanol–water partition coefficient (Wildman–Crippen LogP) is 2.46. The summed E-state index contributed by atoms with van der Waals surface area (Å²) in [6, 6.07) is 4.49. The Morgan fingerprint density at radius 3 is 2.55 bits per heavy atom. The van der Waals surface area contributed by atoms with Crippen molar-refractivity contribution in [2.75, 3.05) is 0 Å². The van der Waals surface area contributed by atoms with Crippen molar-refractivity contribution in [2.24, 2.45) is 0 Å². The zero-order valence-corrected chi connectivity index (χ0v) is 7.41. The zero-order valence-electron chi connectivity index (χ0n) is 5.07. The van der Waals surface area contributed by atoms with Gasteiger partial charge in [-0.15, -0.1) is 0 Å². The molecular weight excluding hydrogens is 243 g/mol. The van der Waals surface area contributed by atoms with Crippen LogP contribution in [0.25, 0.3) is 0 Å². The van der Waals surface area contributed by atoms with E-state index in [2.05, 4.69) is 15.9 Å². The van der Waals surface area contributed by atoms with E-state index >= 15 is 0 Å². The SMILES string of the molecule is Fc1ccc(Cl)cc1CBr.[MgH2]. The summed E-state index contributed by atoms with van der Waals surface area (Å²) in [6.07, 6.45) is 0. The molecule has 1 aromatic rings. The van der Waals surface area contributed by atoms with Crippen molar-refractivity contribution < 1.29 is 4.39 Å². The second kappa shape index (κ2) is 5.35. The van der Waals surface area contributed by atoms with Crippen LogP contribution in [0, 0.1) is 5.82 Å². The largest absolute Gasteiger partial charge is 0.316 e. The minimum atomic E-state index is -0.221. The summed E-state index contributed by atoms with van der Waals surface area (Å²) in [5.74, 6) is -0.221. The molecule has 1 rings (SSSR count). The van der Waals surface area contributed by atoms with Crippen LogP contribution in [-0.2, 0) is 5.33 Å². The van der Waals surface area contributed by atoms with E-state index in [1.54, 1.807) is 6.07 Å². The van der Waals surface area contributed by atoms with Crippen molar-refractivity contribution in [3.8, 4) is 0 Å². The van der Waals surface area contributed by atoms with Gasteiger partial charge in [-0.05, 0) is 23.8 Å². The number of hydrogen-bond donors (Lipinski definition) is 0. The summed E-state index contributed by atoms with van der Waals surface area (Å²) in [5, 5.41) is 1.07. The highest BCUT2D eigenvalue weighted by molar-refractivity contribution is 9.08. The molecule has 0 unspecified atom stereocenters. The van der Waals surface area contributed by atoms with Crippen LogP contribution in [0.3, 0.4) is 0 Å².